The molecule has 0 atom stereocenters. The fourth-order valence-corrected chi connectivity index (χ4v) is 3.24. The zero-order valence-corrected chi connectivity index (χ0v) is 15.2. The highest BCUT2D eigenvalue weighted by Crippen LogP contribution is 2.33. The minimum absolute atomic E-state index is 0.278. The van der Waals surface area contributed by atoms with Gasteiger partial charge in [0.05, 0.1) is 15.7 Å². The van der Waals surface area contributed by atoms with Crippen LogP contribution in [0.5, 0.6) is 0 Å². The maximum absolute atomic E-state index is 13.0. The molecule has 0 unspecified atom stereocenters. The highest BCUT2D eigenvalue weighted by molar-refractivity contribution is 6.36. The number of halogens is 5. The summed E-state index contributed by atoms with van der Waals surface area (Å²) in [7, 11) is 1.68. The predicted octanol–water partition coefficient (Wildman–Crippen LogP) is 5.50. The largest absolute Gasteiger partial charge is 0.433 e. The van der Waals surface area contributed by atoms with Crippen molar-refractivity contribution in [2.24, 2.45) is 7.05 Å². The Hall–Kier alpha value is -1.79. The van der Waals surface area contributed by atoms with Gasteiger partial charge in [-0.25, -0.2) is 4.98 Å². The first-order valence-electron chi connectivity index (χ1n) is 7.42. The number of aryl methyl sites for hydroxylation is 3. The highest BCUT2D eigenvalue weighted by atomic mass is 35.5. The van der Waals surface area contributed by atoms with E-state index in [2.05, 4.69) is 9.97 Å². The average molecular weight is 388 g/mol. The van der Waals surface area contributed by atoms with Gasteiger partial charge in [-0.05, 0) is 37.1 Å². The summed E-state index contributed by atoms with van der Waals surface area (Å²) in [6.07, 6.45) is -2.60. The van der Waals surface area contributed by atoms with Crippen LogP contribution in [0.4, 0.5) is 13.2 Å². The van der Waals surface area contributed by atoms with Crippen LogP contribution in [0.2, 0.25) is 10.0 Å². The monoisotopic (exact) mass is 387 g/mol. The van der Waals surface area contributed by atoms with Gasteiger partial charge in [-0.15, -0.1) is 0 Å². The van der Waals surface area contributed by atoms with E-state index < -0.39 is 11.9 Å². The summed E-state index contributed by atoms with van der Waals surface area (Å²) in [4.78, 5) is 7.88. The van der Waals surface area contributed by atoms with Crippen molar-refractivity contribution in [1.82, 2.24) is 14.5 Å². The molecule has 0 aromatic carbocycles. The number of rotatable bonds is 2. The fourth-order valence-electron chi connectivity index (χ4n) is 2.77. The standard InChI is InChI=1S/C17H14Cl2F3N3/c1-8-4-14(17(20,21)22)24-16-11(8)5-10(25(16)3)6-12-13(18)7-23-9(2)15(12)19/h4-5,7H,6H2,1-3H3. The fraction of sp³-hybridized carbons (Fsp3) is 0.294. The number of nitrogens with zero attached hydrogens (tertiary/aromatic N) is 3. The molecule has 3 aromatic rings. The smallest absolute Gasteiger partial charge is 0.332 e. The number of alkyl halides is 3. The maximum Gasteiger partial charge on any atom is 0.433 e. The van der Waals surface area contributed by atoms with Gasteiger partial charge in [-0.3, -0.25) is 4.98 Å². The first-order valence-corrected chi connectivity index (χ1v) is 8.17. The van der Waals surface area contributed by atoms with E-state index >= 15 is 0 Å². The van der Waals surface area contributed by atoms with Crippen molar-refractivity contribution in [2.45, 2.75) is 26.4 Å². The van der Waals surface area contributed by atoms with Gasteiger partial charge < -0.3 is 4.57 Å². The van der Waals surface area contributed by atoms with E-state index in [4.69, 9.17) is 23.2 Å². The second kappa shape index (κ2) is 6.18. The molecule has 0 spiro atoms. The Kier molecular flexibility index (Phi) is 4.45. The minimum Gasteiger partial charge on any atom is -0.332 e. The van der Waals surface area contributed by atoms with E-state index in [1.165, 1.54) is 6.20 Å². The van der Waals surface area contributed by atoms with Crippen molar-refractivity contribution in [1.29, 1.82) is 0 Å². The normalized spacial score (nSPS) is 12.2. The van der Waals surface area contributed by atoms with Gasteiger partial charge in [0.15, 0.2) is 0 Å². The molecule has 132 valence electrons. The van der Waals surface area contributed by atoms with Crippen LogP contribution in [0.25, 0.3) is 11.0 Å². The predicted molar refractivity (Wildman–Crippen MR) is 92.3 cm³/mol. The van der Waals surface area contributed by atoms with Crippen molar-refractivity contribution < 1.29 is 13.2 Å². The summed E-state index contributed by atoms with van der Waals surface area (Å²) in [6, 6.07) is 2.88. The Labute approximate surface area is 152 Å². The van der Waals surface area contributed by atoms with Crippen molar-refractivity contribution in [3.05, 3.63) is 56.6 Å². The molecular formula is C17H14Cl2F3N3. The number of hydrogen-bond acceptors (Lipinski definition) is 2. The third-order valence-corrected chi connectivity index (χ3v) is 5.02. The lowest BCUT2D eigenvalue weighted by Crippen LogP contribution is -2.09. The van der Waals surface area contributed by atoms with Crippen molar-refractivity contribution in [3.63, 3.8) is 0 Å². The first-order chi connectivity index (χ1) is 11.6. The first kappa shape index (κ1) is 18.0. The molecule has 3 aromatic heterocycles. The Balaban J connectivity index is 2.15. The van der Waals surface area contributed by atoms with E-state index in [9.17, 15) is 13.2 Å². The van der Waals surface area contributed by atoms with Crippen molar-refractivity contribution in [3.8, 4) is 0 Å². The van der Waals surface area contributed by atoms with Crippen LogP contribution in [-0.2, 0) is 19.6 Å². The summed E-state index contributed by atoms with van der Waals surface area (Å²) < 4.78 is 40.7. The molecule has 0 saturated heterocycles. The summed E-state index contributed by atoms with van der Waals surface area (Å²) in [5, 5.41) is 1.54. The second-order valence-electron chi connectivity index (χ2n) is 5.91. The van der Waals surface area contributed by atoms with Gasteiger partial charge in [-0.2, -0.15) is 13.2 Å². The van der Waals surface area contributed by atoms with Crippen LogP contribution in [0, 0.1) is 13.8 Å². The summed E-state index contributed by atoms with van der Waals surface area (Å²) in [6.45, 7) is 3.41. The van der Waals surface area contributed by atoms with Crippen molar-refractivity contribution in [2.75, 3.05) is 0 Å². The van der Waals surface area contributed by atoms with Crippen molar-refractivity contribution >= 4 is 34.2 Å². The lowest BCUT2D eigenvalue weighted by atomic mass is 10.1. The molecule has 0 aliphatic carbocycles. The number of fused-ring (bicyclic) bond motifs is 1. The number of hydrogen-bond donors (Lipinski definition) is 0. The van der Waals surface area contributed by atoms with Gasteiger partial charge in [0.1, 0.15) is 11.3 Å². The summed E-state index contributed by atoms with van der Waals surface area (Å²) >= 11 is 12.5. The van der Waals surface area contributed by atoms with Crippen LogP contribution >= 0.6 is 23.2 Å². The molecule has 0 bridgehead atoms. The van der Waals surface area contributed by atoms with Gasteiger partial charge in [0, 0.05) is 30.7 Å². The maximum atomic E-state index is 13.0. The SMILES string of the molecule is Cc1ncc(Cl)c(Cc2cc3c(C)cc(C(F)(F)F)nc3n2C)c1Cl. The van der Waals surface area contributed by atoms with Crippen LogP contribution in [0.3, 0.4) is 0 Å². The topological polar surface area (TPSA) is 30.7 Å². The van der Waals surface area contributed by atoms with Gasteiger partial charge >= 0.3 is 6.18 Å². The summed E-state index contributed by atoms with van der Waals surface area (Å²) in [5.74, 6) is 0. The molecule has 0 amide bonds. The molecule has 3 nitrogen and oxygen atoms in total. The van der Waals surface area contributed by atoms with Gasteiger partial charge in [0.25, 0.3) is 0 Å². The molecule has 0 aliphatic rings. The molecule has 3 heterocycles. The quantitative estimate of drug-likeness (QED) is 0.580. The van der Waals surface area contributed by atoms with E-state index in [1.807, 2.05) is 6.07 Å². The average Bonchev–Trinajstić information content (AvgIpc) is 2.84. The lowest BCUT2D eigenvalue weighted by Gasteiger charge is -2.10. The molecule has 3 rings (SSSR count). The number of pyridine rings is 2. The molecule has 0 saturated carbocycles. The molecule has 25 heavy (non-hydrogen) atoms. The Morgan fingerprint density at radius 2 is 1.84 bits per heavy atom. The van der Waals surface area contributed by atoms with E-state index in [1.54, 1.807) is 25.5 Å². The summed E-state index contributed by atoms with van der Waals surface area (Å²) in [5.41, 5.74) is 1.99. The van der Waals surface area contributed by atoms with E-state index in [0.717, 1.165) is 11.8 Å². The third kappa shape index (κ3) is 3.20. The van der Waals surface area contributed by atoms with Crippen LogP contribution in [0.15, 0.2) is 18.3 Å². The second-order valence-corrected chi connectivity index (χ2v) is 6.70. The Morgan fingerprint density at radius 3 is 2.48 bits per heavy atom. The molecule has 0 fully saturated rings. The number of aromatic nitrogens is 3. The van der Waals surface area contributed by atoms with Crippen LogP contribution in [-0.4, -0.2) is 14.5 Å². The van der Waals surface area contributed by atoms with Crippen LogP contribution < -0.4 is 0 Å². The van der Waals surface area contributed by atoms with Gasteiger partial charge in [-0.1, -0.05) is 23.2 Å². The van der Waals surface area contributed by atoms with E-state index in [0.29, 0.717) is 38.7 Å². The zero-order valence-electron chi connectivity index (χ0n) is 13.7. The van der Waals surface area contributed by atoms with Crippen LogP contribution in [0.1, 0.15) is 28.2 Å². The van der Waals surface area contributed by atoms with Gasteiger partial charge in [0.2, 0.25) is 0 Å². The molecule has 0 radical (unpaired) electrons. The molecule has 0 aliphatic heterocycles. The van der Waals surface area contributed by atoms with E-state index in [-0.39, 0.29) is 5.65 Å². The Bertz CT molecular complexity index is 978. The Morgan fingerprint density at radius 1 is 1.16 bits per heavy atom. The molecule has 8 heteroatoms. The minimum atomic E-state index is -4.49. The molecule has 0 N–H and O–H groups in total. The molecular weight excluding hydrogens is 374 g/mol. The highest BCUT2D eigenvalue weighted by Gasteiger charge is 2.33. The lowest BCUT2D eigenvalue weighted by molar-refractivity contribution is -0.141. The third-order valence-electron chi connectivity index (χ3n) is 4.20. The zero-order chi connectivity index (χ0) is 18.5.